The third-order valence-corrected chi connectivity index (χ3v) is 3.71. The van der Waals surface area contributed by atoms with Crippen molar-refractivity contribution in [1.82, 2.24) is 10.2 Å². The van der Waals surface area contributed by atoms with Gasteiger partial charge < -0.3 is 10.2 Å². The average molecular weight is 152 g/mol. The van der Waals surface area contributed by atoms with Crippen molar-refractivity contribution in [2.45, 2.75) is 12.8 Å². The lowest BCUT2D eigenvalue weighted by atomic mass is 9.47. The molecule has 3 fully saturated rings. The highest BCUT2D eigenvalue weighted by molar-refractivity contribution is 5.14. The Morgan fingerprint density at radius 1 is 1.09 bits per heavy atom. The summed E-state index contributed by atoms with van der Waals surface area (Å²) < 4.78 is 0. The van der Waals surface area contributed by atoms with Gasteiger partial charge in [0.25, 0.3) is 0 Å². The first-order valence-electron chi connectivity index (χ1n) is 4.62. The molecular weight excluding hydrogens is 136 g/mol. The minimum absolute atomic E-state index is 0.779. The number of rotatable bonds is 0. The minimum atomic E-state index is 0.779. The molecule has 3 rings (SSSR count). The van der Waals surface area contributed by atoms with Gasteiger partial charge in [0, 0.05) is 26.2 Å². The third kappa shape index (κ3) is 0.695. The van der Waals surface area contributed by atoms with Crippen molar-refractivity contribution >= 4 is 0 Å². The maximum absolute atomic E-state index is 3.39. The van der Waals surface area contributed by atoms with Crippen molar-refractivity contribution < 1.29 is 0 Å². The quantitative estimate of drug-likeness (QED) is 0.537. The largest absolute Gasteiger partial charge is 0.316 e. The van der Waals surface area contributed by atoms with Crippen LogP contribution in [0.2, 0.25) is 0 Å². The Morgan fingerprint density at radius 3 is 2.09 bits per heavy atom. The lowest BCUT2D eigenvalue weighted by Gasteiger charge is -2.67. The van der Waals surface area contributed by atoms with Gasteiger partial charge >= 0.3 is 0 Å². The Balaban J connectivity index is 1.63. The summed E-state index contributed by atoms with van der Waals surface area (Å²) in [7, 11) is 2.23. The Labute approximate surface area is 68.0 Å². The van der Waals surface area contributed by atoms with Gasteiger partial charge in [-0.15, -0.1) is 0 Å². The van der Waals surface area contributed by atoms with Gasteiger partial charge in [0.05, 0.1) is 0 Å². The van der Waals surface area contributed by atoms with E-state index in [9.17, 15) is 0 Å². The van der Waals surface area contributed by atoms with E-state index in [1.54, 1.807) is 0 Å². The van der Waals surface area contributed by atoms with Crippen LogP contribution in [0.25, 0.3) is 0 Å². The Bertz CT molecular complexity index is 180. The van der Waals surface area contributed by atoms with E-state index >= 15 is 0 Å². The van der Waals surface area contributed by atoms with E-state index in [4.69, 9.17) is 0 Å². The van der Waals surface area contributed by atoms with E-state index in [1.807, 2.05) is 0 Å². The molecule has 0 aromatic carbocycles. The smallest absolute Gasteiger partial charge is 0.00479 e. The van der Waals surface area contributed by atoms with Crippen molar-refractivity contribution in [3.05, 3.63) is 0 Å². The summed E-state index contributed by atoms with van der Waals surface area (Å²) in [6, 6.07) is 0. The lowest BCUT2D eigenvalue weighted by molar-refractivity contribution is -0.154. The zero-order chi connectivity index (χ0) is 7.53. The molecule has 0 bridgehead atoms. The molecule has 2 nitrogen and oxygen atoms in total. The van der Waals surface area contributed by atoms with Gasteiger partial charge in [-0.1, -0.05) is 0 Å². The summed E-state index contributed by atoms with van der Waals surface area (Å²) in [6.07, 6.45) is 3.02. The van der Waals surface area contributed by atoms with E-state index in [1.165, 1.54) is 39.0 Å². The molecule has 2 heteroatoms. The van der Waals surface area contributed by atoms with Crippen LogP contribution in [0.3, 0.4) is 0 Å². The van der Waals surface area contributed by atoms with Crippen LogP contribution in [0.4, 0.5) is 0 Å². The van der Waals surface area contributed by atoms with Crippen LogP contribution in [0, 0.1) is 10.8 Å². The van der Waals surface area contributed by atoms with Gasteiger partial charge in [-0.05, 0) is 30.7 Å². The third-order valence-electron chi connectivity index (χ3n) is 3.71. The molecule has 0 aromatic heterocycles. The van der Waals surface area contributed by atoms with Gasteiger partial charge in [-0.25, -0.2) is 0 Å². The Morgan fingerprint density at radius 2 is 1.73 bits per heavy atom. The molecular formula is C9H16N2. The molecule has 2 saturated heterocycles. The highest BCUT2D eigenvalue weighted by atomic mass is 15.2. The zero-order valence-electron chi connectivity index (χ0n) is 7.19. The summed E-state index contributed by atoms with van der Waals surface area (Å²) in [5.74, 6) is 0. The number of hydrogen-bond donors (Lipinski definition) is 1. The first-order chi connectivity index (χ1) is 5.22. The summed E-state index contributed by atoms with van der Waals surface area (Å²) in [5, 5.41) is 3.39. The van der Waals surface area contributed by atoms with Crippen molar-refractivity contribution in [2.75, 3.05) is 33.2 Å². The van der Waals surface area contributed by atoms with Gasteiger partial charge in [-0.3, -0.25) is 0 Å². The highest BCUT2D eigenvalue weighted by Crippen LogP contribution is 2.60. The van der Waals surface area contributed by atoms with Crippen LogP contribution in [0.5, 0.6) is 0 Å². The van der Waals surface area contributed by atoms with Gasteiger partial charge in [0.2, 0.25) is 0 Å². The predicted octanol–water partition coefficient (Wildman–Crippen LogP) is 0.302. The molecule has 1 saturated carbocycles. The average Bonchev–Trinajstić information content (AvgIpc) is 1.69. The van der Waals surface area contributed by atoms with Crippen LogP contribution in [0.1, 0.15) is 12.8 Å². The molecule has 62 valence electrons. The molecule has 0 aromatic rings. The van der Waals surface area contributed by atoms with Crippen molar-refractivity contribution in [2.24, 2.45) is 10.8 Å². The summed E-state index contributed by atoms with van der Waals surface area (Å²) in [6.45, 7) is 5.35. The van der Waals surface area contributed by atoms with Gasteiger partial charge in [0.15, 0.2) is 0 Å². The molecule has 0 radical (unpaired) electrons. The molecule has 0 unspecified atom stereocenters. The van der Waals surface area contributed by atoms with Crippen molar-refractivity contribution in [3.8, 4) is 0 Å². The van der Waals surface area contributed by atoms with Gasteiger partial charge in [0.1, 0.15) is 0 Å². The highest BCUT2D eigenvalue weighted by Gasteiger charge is 2.60. The van der Waals surface area contributed by atoms with E-state index in [0.29, 0.717) is 0 Å². The van der Waals surface area contributed by atoms with E-state index in [-0.39, 0.29) is 0 Å². The lowest BCUT2D eigenvalue weighted by Crippen LogP contribution is -2.72. The standard InChI is InChI=1S/C9H16N2/c1-11-6-9(7-11)2-8(3-9)4-10-5-8/h10H,2-7H2,1H3. The molecule has 1 N–H and O–H groups in total. The fourth-order valence-corrected chi connectivity index (χ4v) is 3.59. The zero-order valence-corrected chi connectivity index (χ0v) is 7.19. The predicted molar refractivity (Wildman–Crippen MR) is 44.5 cm³/mol. The Kier molecular flexibility index (Phi) is 0.961. The second-order valence-corrected chi connectivity index (χ2v) is 5.13. The number of nitrogens with zero attached hydrogens (tertiary/aromatic N) is 1. The summed E-state index contributed by atoms with van der Waals surface area (Å²) in [4.78, 5) is 2.44. The number of likely N-dealkylation sites (tertiary alicyclic amines) is 1. The monoisotopic (exact) mass is 152 g/mol. The second kappa shape index (κ2) is 1.64. The number of nitrogens with one attached hydrogen (secondary N) is 1. The Hall–Kier alpha value is -0.0800. The topological polar surface area (TPSA) is 15.3 Å². The van der Waals surface area contributed by atoms with Crippen LogP contribution in [-0.4, -0.2) is 38.1 Å². The maximum atomic E-state index is 3.39. The summed E-state index contributed by atoms with van der Waals surface area (Å²) in [5.41, 5.74) is 1.57. The fraction of sp³-hybridized carbons (Fsp3) is 1.00. The van der Waals surface area contributed by atoms with Crippen LogP contribution >= 0.6 is 0 Å². The first-order valence-corrected chi connectivity index (χ1v) is 4.62. The van der Waals surface area contributed by atoms with E-state index < -0.39 is 0 Å². The molecule has 2 spiro atoms. The van der Waals surface area contributed by atoms with Crippen molar-refractivity contribution in [1.29, 1.82) is 0 Å². The van der Waals surface area contributed by atoms with Crippen LogP contribution in [-0.2, 0) is 0 Å². The van der Waals surface area contributed by atoms with Crippen molar-refractivity contribution in [3.63, 3.8) is 0 Å². The minimum Gasteiger partial charge on any atom is -0.316 e. The molecule has 2 heterocycles. The molecule has 2 aliphatic heterocycles. The van der Waals surface area contributed by atoms with E-state index in [2.05, 4.69) is 17.3 Å². The molecule has 11 heavy (non-hydrogen) atoms. The summed E-state index contributed by atoms with van der Waals surface area (Å²) >= 11 is 0. The first kappa shape index (κ1) is 6.44. The second-order valence-electron chi connectivity index (χ2n) is 5.13. The SMILES string of the molecule is CN1CC2(C1)CC1(CNC1)C2. The maximum Gasteiger partial charge on any atom is 0.00479 e. The van der Waals surface area contributed by atoms with Gasteiger partial charge in [-0.2, -0.15) is 0 Å². The van der Waals surface area contributed by atoms with Crippen LogP contribution < -0.4 is 5.32 Å². The fourth-order valence-electron chi connectivity index (χ4n) is 3.59. The van der Waals surface area contributed by atoms with Crippen LogP contribution in [0.15, 0.2) is 0 Å². The normalized spacial score (nSPS) is 37.9. The number of hydrogen-bond acceptors (Lipinski definition) is 2. The molecule has 1 aliphatic carbocycles. The molecule has 3 aliphatic rings. The van der Waals surface area contributed by atoms with E-state index in [0.717, 1.165) is 10.8 Å². The molecule has 0 atom stereocenters. The molecule has 0 amide bonds.